The van der Waals surface area contributed by atoms with Gasteiger partial charge in [0.05, 0.1) is 5.02 Å². The Morgan fingerprint density at radius 2 is 2.10 bits per heavy atom. The van der Waals surface area contributed by atoms with Crippen molar-refractivity contribution in [3.05, 3.63) is 62.8 Å². The number of halogens is 3. The van der Waals surface area contributed by atoms with Crippen LogP contribution in [-0.2, 0) is 6.61 Å². The molecule has 21 heavy (non-hydrogen) atoms. The summed E-state index contributed by atoms with van der Waals surface area (Å²) in [6.45, 7) is 0.0969. The maximum absolute atomic E-state index is 13.5. The second-order valence-corrected chi connectivity index (χ2v) is 5.52. The molecule has 0 saturated heterocycles. The molecule has 0 aliphatic carbocycles. The lowest BCUT2D eigenvalue weighted by atomic mass is 10.1. The van der Waals surface area contributed by atoms with Crippen molar-refractivity contribution in [2.24, 2.45) is 10.9 Å². The first kappa shape index (κ1) is 15.6. The Balaban J connectivity index is 2.20. The molecule has 0 radical (unpaired) electrons. The first-order valence-corrected chi connectivity index (χ1v) is 7.02. The Morgan fingerprint density at radius 3 is 2.81 bits per heavy atom. The van der Waals surface area contributed by atoms with Gasteiger partial charge in [0, 0.05) is 10.0 Å². The summed E-state index contributed by atoms with van der Waals surface area (Å²) >= 11 is 9.32. The van der Waals surface area contributed by atoms with Crippen LogP contribution < -0.4 is 10.5 Å². The van der Waals surface area contributed by atoms with Crippen LogP contribution >= 0.6 is 27.5 Å². The molecule has 0 fully saturated rings. The summed E-state index contributed by atoms with van der Waals surface area (Å²) in [7, 11) is 0. The van der Waals surface area contributed by atoms with Crippen molar-refractivity contribution in [2.45, 2.75) is 6.61 Å². The number of ether oxygens (including phenoxy) is 1. The minimum atomic E-state index is -0.502. The summed E-state index contributed by atoms with van der Waals surface area (Å²) in [6, 6.07) is 9.24. The second kappa shape index (κ2) is 6.78. The summed E-state index contributed by atoms with van der Waals surface area (Å²) in [4.78, 5) is 0. The Hall–Kier alpha value is -1.79. The van der Waals surface area contributed by atoms with E-state index in [2.05, 4.69) is 21.1 Å². The Bertz CT molecular complexity index is 695. The van der Waals surface area contributed by atoms with Crippen LogP contribution in [0.25, 0.3) is 0 Å². The standard InChI is InChI=1S/C14H11BrClFN2O2/c15-10-1-2-12(16)13(6-10)21-7-8-3-9(14(18)19-20)5-11(17)4-8/h1-6,20H,7H2,(H2,18,19). The van der Waals surface area contributed by atoms with E-state index in [1.807, 2.05) is 0 Å². The van der Waals surface area contributed by atoms with Crippen molar-refractivity contribution in [1.82, 2.24) is 0 Å². The van der Waals surface area contributed by atoms with E-state index in [0.29, 0.717) is 16.3 Å². The van der Waals surface area contributed by atoms with Gasteiger partial charge in [-0.25, -0.2) is 4.39 Å². The number of nitrogens with two attached hydrogens (primary N) is 1. The zero-order valence-corrected chi connectivity index (χ0v) is 13.0. The lowest BCUT2D eigenvalue weighted by molar-refractivity contribution is 0.305. The molecule has 0 aromatic heterocycles. The monoisotopic (exact) mass is 372 g/mol. The van der Waals surface area contributed by atoms with Gasteiger partial charge in [-0.15, -0.1) is 0 Å². The number of amidine groups is 1. The molecule has 0 amide bonds. The normalized spacial score (nSPS) is 11.5. The SMILES string of the molecule is N/C(=N/O)c1cc(F)cc(COc2cc(Br)ccc2Cl)c1. The predicted molar refractivity (Wildman–Crippen MR) is 82.4 cm³/mol. The van der Waals surface area contributed by atoms with Gasteiger partial charge in [0.15, 0.2) is 5.84 Å². The lowest BCUT2D eigenvalue weighted by Crippen LogP contribution is -2.14. The Labute approximate surface area is 134 Å². The van der Waals surface area contributed by atoms with E-state index >= 15 is 0 Å². The molecule has 110 valence electrons. The highest BCUT2D eigenvalue weighted by molar-refractivity contribution is 9.10. The van der Waals surface area contributed by atoms with Crippen LogP contribution in [0.5, 0.6) is 5.75 Å². The van der Waals surface area contributed by atoms with Crippen molar-refractivity contribution in [2.75, 3.05) is 0 Å². The van der Waals surface area contributed by atoms with Crippen LogP contribution in [-0.4, -0.2) is 11.0 Å². The van der Waals surface area contributed by atoms with Crippen LogP contribution in [0.3, 0.4) is 0 Å². The minimum Gasteiger partial charge on any atom is -0.487 e. The molecule has 2 aromatic rings. The van der Waals surface area contributed by atoms with Gasteiger partial charge in [0.2, 0.25) is 0 Å². The first-order chi connectivity index (χ1) is 9.99. The fourth-order valence-electron chi connectivity index (χ4n) is 1.69. The number of rotatable bonds is 4. The molecule has 0 unspecified atom stereocenters. The van der Waals surface area contributed by atoms with Gasteiger partial charge in [-0.2, -0.15) is 0 Å². The quantitative estimate of drug-likeness (QED) is 0.369. The number of oxime groups is 1. The van der Waals surface area contributed by atoms with Gasteiger partial charge in [0.1, 0.15) is 18.2 Å². The van der Waals surface area contributed by atoms with Crippen molar-refractivity contribution in [3.63, 3.8) is 0 Å². The van der Waals surface area contributed by atoms with E-state index in [1.165, 1.54) is 12.1 Å². The average molecular weight is 374 g/mol. The molecule has 0 aliphatic heterocycles. The van der Waals surface area contributed by atoms with E-state index in [0.717, 1.165) is 4.47 Å². The topological polar surface area (TPSA) is 67.8 Å². The Morgan fingerprint density at radius 1 is 1.33 bits per heavy atom. The maximum Gasteiger partial charge on any atom is 0.170 e. The molecule has 0 atom stereocenters. The minimum absolute atomic E-state index is 0.0969. The van der Waals surface area contributed by atoms with Gasteiger partial charge in [-0.05, 0) is 42.0 Å². The van der Waals surface area contributed by atoms with Crippen LogP contribution in [0.2, 0.25) is 5.02 Å². The third-order valence-electron chi connectivity index (χ3n) is 2.65. The van der Waals surface area contributed by atoms with E-state index in [9.17, 15) is 4.39 Å². The lowest BCUT2D eigenvalue weighted by Gasteiger charge is -2.10. The molecular weight excluding hydrogens is 363 g/mol. The highest BCUT2D eigenvalue weighted by atomic mass is 79.9. The summed E-state index contributed by atoms with van der Waals surface area (Å²) in [5.74, 6) is -0.199. The molecule has 3 N–H and O–H groups in total. The molecule has 0 bridgehead atoms. The molecular formula is C14H11BrClFN2O2. The third kappa shape index (κ3) is 4.09. The fourth-order valence-corrected chi connectivity index (χ4v) is 2.20. The van der Waals surface area contributed by atoms with Gasteiger partial charge in [-0.3, -0.25) is 0 Å². The van der Waals surface area contributed by atoms with Crippen LogP contribution in [0, 0.1) is 5.82 Å². The molecule has 7 heteroatoms. The largest absolute Gasteiger partial charge is 0.487 e. The van der Waals surface area contributed by atoms with Crippen molar-refractivity contribution in [3.8, 4) is 5.75 Å². The molecule has 0 heterocycles. The van der Waals surface area contributed by atoms with E-state index in [1.54, 1.807) is 24.3 Å². The predicted octanol–water partition coefficient (Wildman–Crippen LogP) is 3.92. The third-order valence-corrected chi connectivity index (χ3v) is 3.45. The van der Waals surface area contributed by atoms with E-state index < -0.39 is 5.82 Å². The van der Waals surface area contributed by atoms with Gasteiger partial charge in [0.25, 0.3) is 0 Å². The number of nitrogens with zero attached hydrogens (tertiary/aromatic N) is 1. The molecule has 0 aliphatic rings. The summed E-state index contributed by atoms with van der Waals surface area (Å²) in [5.41, 5.74) is 6.26. The first-order valence-electron chi connectivity index (χ1n) is 5.85. The van der Waals surface area contributed by atoms with E-state index in [-0.39, 0.29) is 18.0 Å². The average Bonchev–Trinajstić information content (AvgIpc) is 2.46. The molecule has 0 saturated carbocycles. The zero-order valence-electron chi connectivity index (χ0n) is 10.7. The molecule has 0 spiro atoms. The van der Waals surface area contributed by atoms with Gasteiger partial charge < -0.3 is 15.7 Å². The van der Waals surface area contributed by atoms with Crippen molar-refractivity contribution >= 4 is 33.4 Å². The summed E-state index contributed by atoms with van der Waals surface area (Å²) < 4.78 is 19.9. The van der Waals surface area contributed by atoms with E-state index in [4.69, 9.17) is 27.3 Å². The number of hydrogen-bond acceptors (Lipinski definition) is 3. The maximum atomic E-state index is 13.5. The molecule has 4 nitrogen and oxygen atoms in total. The highest BCUT2D eigenvalue weighted by Crippen LogP contribution is 2.28. The van der Waals surface area contributed by atoms with Crippen molar-refractivity contribution in [1.29, 1.82) is 0 Å². The second-order valence-electron chi connectivity index (χ2n) is 4.20. The van der Waals surface area contributed by atoms with Crippen LogP contribution in [0.15, 0.2) is 46.0 Å². The van der Waals surface area contributed by atoms with Crippen LogP contribution in [0.4, 0.5) is 4.39 Å². The van der Waals surface area contributed by atoms with Crippen LogP contribution in [0.1, 0.15) is 11.1 Å². The summed E-state index contributed by atoms with van der Waals surface area (Å²) in [5, 5.41) is 11.9. The Kier molecular flexibility index (Phi) is 5.03. The number of hydrogen-bond donors (Lipinski definition) is 2. The van der Waals surface area contributed by atoms with Gasteiger partial charge in [-0.1, -0.05) is 32.7 Å². The van der Waals surface area contributed by atoms with Gasteiger partial charge >= 0.3 is 0 Å². The summed E-state index contributed by atoms with van der Waals surface area (Å²) in [6.07, 6.45) is 0. The number of benzene rings is 2. The zero-order chi connectivity index (χ0) is 15.4. The smallest absolute Gasteiger partial charge is 0.170 e. The fraction of sp³-hybridized carbons (Fsp3) is 0.0714. The molecule has 2 aromatic carbocycles. The molecule has 2 rings (SSSR count). The highest BCUT2D eigenvalue weighted by Gasteiger charge is 2.07. The van der Waals surface area contributed by atoms with Crippen molar-refractivity contribution < 1.29 is 14.3 Å².